The molecule has 1 heterocycles. The van der Waals surface area contributed by atoms with Crippen molar-refractivity contribution in [2.24, 2.45) is 5.73 Å². The molecule has 1 aromatic rings. The highest BCUT2D eigenvalue weighted by molar-refractivity contribution is 5.29. The van der Waals surface area contributed by atoms with Crippen LogP contribution in [0.15, 0.2) is 24.3 Å². The molecule has 0 bridgehead atoms. The Morgan fingerprint density at radius 2 is 1.90 bits per heavy atom. The molecule has 1 aliphatic heterocycles. The summed E-state index contributed by atoms with van der Waals surface area (Å²) in [6.07, 6.45) is 2.50. The molecule has 1 atom stereocenters. The van der Waals surface area contributed by atoms with Crippen LogP contribution in [0.4, 0.5) is 0 Å². The molecule has 1 saturated heterocycles. The summed E-state index contributed by atoms with van der Waals surface area (Å²) in [5, 5.41) is 0. The first-order valence-corrected chi connectivity index (χ1v) is 7.96. The number of nitrogens with zero attached hydrogens (tertiary/aromatic N) is 2. The molecule has 0 spiro atoms. The first kappa shape index (κ1) is 16.3. The lowest BCUT2D eigenvalue weighted by atomic mass is 10.0. The van der Waals surface area contributed by atoms with Crippen molar-refractivity contribution < 1.29 is 4.74 Å². The minimum absolute atomic E-state index is 0.0603. The summed E-state index contributed by atoms with van der Waals surface area (Å²) >= 11 is 0. The van der Waals surface area contributed by atoms with Gasteiger partial charge in [0.2, 0.25) is 0 Å². The van der Waals surface area contributed by atoms with Gasteiger partial charge in [-0.05, 0) is 57.2 Å². The van der Waals surface area contributed by atoms with E-state index in [1.165, 1.54) is 38.0 Å². The highest BCUT2D eigenvalue weighted by Gasteiger charge is 2.22. The predicted molar refractivity (Wildman–Crippen MR) is 87.7 cm³/mol. The summed E-state index contributed by atoms with van der Waals surface area (Å²) in [5.41, 5.74) is 7.53. The van der Waals surface area contributed by atoms with Gasteiger partial charge in [-0.15, -0.1) is 0 Å². The van der Waals surface area contributed by atoms with Crippen LogP contribution >= 0.6 is 0 Å². The van der Waals surface area contributed by atoms with Crippen LogP contribution < -0.4 is 10.5 Å². The van der Waals surface area contributed by atoms with E-state index in [2.05, 4.69) is 35.9 Å². The molecule has 2 N–H and O–H groups in total. The van der Waals surface area contributed by atoms with E-state index < -0.39 is 0 Å². The second kappa shape index (κ2) is 7.78. The van der Waals surface area contributed by atoms with E-state index in [9.17, 15) is 0 Å². The van der Waals surface area contributed by atoms with Gasteiger partial charge in [0.1, 0.15) is 5.75 Å². The van der Waals surface area contributed by atoms with Crippen LogP contribution in [0, 0.1) is 0 Å². The Morgan fingerprint density at radius 1 is 1.29 bits per heavy atom. The molecule has 0 radical (unpaired) electrons. The van der Waals surface area contributed by atoms with Gasteiger partial charge in [-0.3, -0.25) is 0 Å². The summed E-state index contributed by atoms with van der Waals surface area (Å²) in [4.78, 5) is 4.95. The van der Waals surface area contributed by atoms with Crippen molar-refractivity contribution in [3.05, 3.63) is 29.8 Å². The first-order valence-electron chi connectivity index (χ1n) is 7.96. The van der Waals surface area contributed by atoms with Gasteiger partial charge in [0.05, 0.1) is 7.11 Å². The molecule has 0 aromatic heterocycles. The molecule has 0 aliphatic carbocycles. The number of likely N-dealkylation sites (tertiary alicyclic amines) is 1. The van der Waals surface area contributed by atoms with E-state index >= 15 is 0 Å². The lowest BCUT2D eigenvalue weighted by molar-refractivity contribution is 0.127. The average molecular weight is 291 g/mol. The van der Waals surface area contributed by atoms with Gasteiger partial charge in [0, 0.05) is 18.6 Å². The maximum atomic E-state index is 6.35. The van der Waals surface area contributed by atoms with Gasteiger partial charge in [0.15, 0.2) is 0 Å². The fraction of sp³-hybridized carbons (Fsp3) is 0.647. The molecule has 118 valence electrons. The Hall–Kier alpha value is -1.10. The molecule has 21 heavy (non-hydrogen) atoms. The normalized spacial score (nSPS) is 18.9. The van der Waals surface area contributed by atoms with Crippen LogP contribution in [0.3, 0.4) is 0 Å². The second-order valence-corrected chi connectivity index (χ2v) is 5.98. The Bertz CT molecular complexity index is 413. The van der Waals surface area contributed by atoms with Gasteiger partial charge in [-0.25, -0.2) is 0 Å². The number of piperidine rings is 1. The topological polar surface area (TPSA) is 41.7 Å². The summed E-state index contributed by atoms with van der Waals surface area (Å²) in [6, 6.07) is 8.82. The van der Waals surface area contributed by atoms with Gasteiger partial charge in [-0.1, -0.05) is 19.1 Å². The largest absolute Gasteiger partial charge is 0.497 e. The number of rotatable bonds is 6. The molecule has 1 aliphatic rings. The molecule has 1 unspecified atom stereocenters. The highest BCUT2D eigenvalue weighted by atomic mass is 16.5. The molecular weight excluding hydrogens is 262 g/mol. The fourth-order valence-electron chi connectivity index (χ4n) is 3.09. The van der Waals surface area contributed by atoms with E-state index in [0.29, 0.717) is 6.04 Å². The number of hydrogen-bond acceptors (Lipinski definition) is 4. The van der Waals surface area contributed by atoms with E-state index in [1.54, 1.807) is 7.11 Å². The Kier molecular flexibility index (Phi) is 6.03. The van der Waals surface area contributed by atoms with Crippen LogP contribution in [-0.2, 0) is 0 Å². The van der Waals surface area contributed by atoms with Crippen molar-refractivity contribution in [3.63, 3.8) is 0 Å². The van der Waals surface area contributed by atoms with Crippen LogP contribution in [0.2, 0.25) is 0 Å². The smallest absolute Gasteiger partial charge is 0.118 e. The quantitative estimate of drug-likeness (QED) is 0.871. The Morgan fingerprint density at radius 3 is 2.43 bits per heavy atom. The van der Waals surface area contributed by atoms with Gasteiger partial charge in [0.25, 0.3) is 0 Å². The van der Waals surface area contributed by atoms with Gasteiger partial charge < -0.3 is 20.3 Å². The number of likely N-dealkylation sites (N-methyl/N-ethyl adjacent to an activating group) is 1. The van der Waals surface area contributed by atoms with E-state index in [-0.39, 0.29) is 6.04 Å². The standard InChI is InChI=1S/C17H29N3O/c1-4-20-11-9-15(10-12-20)19(2)13-17(18)14-5-7-16(21-3)8-6-14/h5-8,15,17H,4,9-13,18H2,1-3H3. The maximum Gasteiger partial charge on any atom is 0.118 e. The maximum absolute atomic E-state index is 6.35. The minimum Gasteiger partial charge on any atom is -0.497 e. The number of benzene rings is 1. The van der Waals surface area contributed by atoms with Crippen molar-refractivity contribution in [2.75, 3.05) is 40.3 Å². The highest BCUT2D eigenvalue weighted by Crippen LogP contribution is 2.20. The molecule has 0 saturated carbocycles. The van der Waals surface area contributed by atoms with Crippen molar-refractivity contribution >= 4 is 0 Å². The SMILES string of the molecule is CCN1CCC(N(C)CC(N)c2ccc(OC)cc2)CC1. The van der Waals surface area contributed by atoms with E-state index in [1.807, 2.05) is 12.1 Å². The van der Waals surface area contributed by atoms with Gasteiger partial charge in [-0.2, -0.15) is 0 Å². The van der Waals surface area contributed by atoms with Crippen molar-refractivity contribution in [1.29, 1.82) is 0 Å². The predicted octanol–water partition coefficient (Wildman–Crippen LogP) is 2.11. The zero-order valence-corrected chi connectivity index (χ0v) is 13.6. The molecule has 0 amide bonds. The third kappa shape index (κ3) is 4.43. The van der Waals surface area contributed by atoms with E-state index in [4.69, 9.17) is 10.5 Å². The number of ether oxygens (including phenoxy) is 1. The summed E-state index contributed by atoms with van der Waals surface area (Å²) < 4.78 is 5.19. The third-order valence-corrected chi connectivity index (χ3v) is 4.66. The van der Waals surface area contributed by atoms with Crippen LogP contribution in [0.5, 0.6) is 5.75 Å². The Balaban J connectivity index is 1.85. The monoisotopic (exact) mass is 291 g/mol. The van der Waals surface area contributed by atoms with E-state index in [0.717, 1.165) is 12.3 Å². The second-order valence-electron chi connectivity index (χ2n) is 5.98. The summed E-state index contributed by atoms with van der Waals surface area (Å²) in [6.45, 7) is 6.74. The lowest BCUT2D eigenvalue weighted by Gasteiger charge is -2.37. The van der Waals surface area contributed by atoms with Crippen molar-refractivity contribution in [2.45, 2.75) is 31.8 Å². The molecule has 4 heteroatoms. The summed E-state index contributed by atoms with van der Waals surface area (Å²) in [5.74, 6) is 0.881. The molecule has 2 rings (SSSR count). The zero-order chi connectivity index (χ0) is 15.2. The molecule has 1 aromatic carbocycles. The van der Waals surface area contributed by atoms with Crippen molar-refractivity contribution in [1.82, 2.24) is 9.80 Å². The molecular formula is C17H29N3O. The number of hydrogen-bond donors (Lipinski definition) is 1. The third-order valence-electron chi connectivity index (χ3n) is 4.66. The Labute approximate surface area is 128 Å². The van der Waals surface area contributed by atoms with Crippen molar-refractivity contribution in [3.8, 4) is 5.75 Å². The minimum atomic E-state index is 0.0603. The lowest BCUT2D eigenvalue weighted by Crippen LogP contribution is -2.45. The van der Waals surface area contributed by atoms with Gasteiger partial charge >= 0.3 is 0 Å². The van der Waals surface area contributed by atoms with Crippen LogP contribution in [0.1, 0.15) is 31.4 Å². The first-order chi connectivity index (χ1) is 10.1. The van der Waals surface area contributed by atoms with Crippen LogP contribution in [0.25, 0.3) is 0 Å². The average Bonchev–Trinajstić information content (AvgIpc) is 2.55. The zero-order valence-electron chi connectivity index (χ0n) is 13.6. The summed E-state index contributed by atoms with van der Waals surface area (Å²) in [7, 11) is 3.89. The number of nitrogens with two attached hydrogens (primary N) is 1. The van der Waals surface area contributed by atoms with Crippen LogP contribution in [-0.4, -0.2) is 56.2 Å². The number of methoxy groups -OCH3 is 1. The molecule has 4 nitrogen and oxygen atoms in total. The fourth-order valence-corrected chi connectivity index (χ4v) is 3.09. The molecule has 1 fully saturated rings.